The van der Waals surface area contributed by atoms with Crippen LogP contribution in [0.1, 0.15) is 37.5 Å². The van der Waals surface area contributed by atoms with E-state index in [0.717, 1.165) is 34.7 Å². The first kappa shape index (κ1) is 24.2. The smallest absolute Gasteiger partial charge is 0.221 e. The number of hydrogen-bond donors (Lipinski definition) is 3. The van der Waals surface area contributed by atoms with Crippen molar-refractivity contribution in [2.45, 2.75) is 40.8 Å². The van der Waals surface area contributed by atoms with Gasteiger partial charge in [-0.1, -0.05) is 24.3 Å². The van der Waals surface area contributed by atoms with Crippen molar-refractivity contribution in [1.29, 1.82) is 0 Å². The SMILES string of the molecule is CCNC(=NCc1cccc(NC(C)=O)c1)NCc1ccc(C)cc1OCCOCC. The molecule has 0 bridgehead atoms. The third-order valence-electron chi connectivity index (χ3n) is 4.37. The highest BCUT2D eigenvalue weighted by molar-refractivity contribution is 5.88. The third kappa shape index (κ3) is 9.09. The van der Waals surface area contributed by atoms with Gasteiger partial charge in [-0.05, 0) is 50.1 Å². The fraction of sp³-hybridized carbons (Fsp3) is 0.417. The lowest BCUT2D eigenvalue weighted by atomic mass is 10.1. The second kappa shape index (κ2) is 13.3. The van der Waals surface area contributed by atoms with Gasteiger partial charge in [0, 0.05) is 37.9 Å². The number of carbonyl (C=O) groups is 1. The van der Waals surface area contributed by atoms with Gasteiger partial charge in [-0.15, -0.1) is 0 Å². The Morgan fingerprint density at radius 3 is 2.65 bits per heavy atom. The summed E-state index contributed by atoms with van der Waals surface area (Å²) in [6, 6.07) is 13.9. The first-order chi connectivity index (χ1) is 15.0. The van der Waals surface area contributed by atoms with Gasteiger partial charge < -0.3 is 25.4 Å². The minimum Gasteiger partial charge on any atom is -0.491 e. The van der Waals surface area contributed by atoms with Crippen LogP contribution in [0.25, 0.3) is 0 Å². The number of amides is 1. The van der Waals surface area contributed by atoms with Crippen LogP contribution in [0.4, 0.5) is 5.69 Å². The van der Waals surface area contributed by atoms with Crippen molar-refractivity contribution in [3.8, 4) is 5.75 Å². The van der Waals surface area contributed by atoms with E-state index in [1.165, 1.54) is 6.92 Å². The lowest BCUT2D eigenvalue weighted by Crippen LogP contribution is -2.36. The van der Waals surface area contributed by atoms with Crippen molar-refractivity contribution in [1.82, 2.24) is 10.6 Å². The number of rotatable bonds is 11. The largest absolute Gasteiger partial charge is 0.491 e. The molecule has 7 nitrogen and oxygen atoms in total. The molecular formula is C24H34N4O3. The van der Waals surface area contributed by atoms with Gasteiger partial charge in [0.1, 0.15) is 12.4 Å². The Hall–Kier alpha value is -3.06. The van der Waals surface area contributed by atoms with Crippen LogP contribution in [-0.4, -0.2) is 38.2 Å². The molecule has 0 unspecified atom stereocenters. The van der Waals surface area contributed by atoms with Crippen molar-refractivity contribution in [3.05, 3.63) is 59.2 Å². The highest BCUT2D eigenvalue weighted by atomic mass is 16.5. The molecule has 0 spiro atoms. The van der Waals surface area contributed by atoms with Gasteiger partial charge in [0.15, 0.2) is 5.96 Å². The maximum atomic E-state index is 11.3. The Morgan fingerprint density at radius 1 is 1.06 bits per heavy atom. The Kier molecular flexibility index (Phi) is 10.4. The molecule has 1 amide bonds. The van der Waals surface area contributed by atoms with E-state index in [2.05, 4.69) is 33.1 Å². The van der Waals surface area contributed by atoms with Crippen LogP contribution in [0, 0.1) is 6.92 Å². The number of ether oxygens (including phenoxy) is 2. The van der Waals surface area contributed by atoms with Gasteiger partial charge in [0.05, 0.1) is 13.2 Å². The Morgan fingerprint density at radius 2 is 1.90 bits per heavy atom. The standard InChI is InChI=1S/C24H34N4O3/c1-5-25-24(26-16-20-8-7-9-22(15-20)28-19(4)29)27-17-21-11-10-18(3)14-23(21)31-13-12-30-6-2/h7-11,14-15H,5-6,12-13,16-17H2,1-4H3,(H,28,29)(H2,25,26,27). The second-order valence-corrected chi connectivity index (χ2v) is 7.09. The molecule has 2 aromatic rings. The lowest BCUT2D eigenvalue weighted by molar-refractivity contribution is -0.114. The Balaban J connectivity index is 2.02. The summed E-state index contributed by atoms with van der Waals surface area (Å²) in [5.41, 5.74) is 3.99. The minimum atomic E-state index is -0.0898. The summed E-state index contributed by atoms with van der Waals surface area (Å²) in [6.45, 7) is 11.1. The maximum absolute atomic E-state index is 11.3. The summed E-state index contributed by atoms with van der Waals surface area (Å²) in [5.74, 6) is 1.48. The van der Waals surface area contributed by atoms with E-state index in [1.807, 2.05) is 51.1 Å². The highest BCUT2D eigenvalue weighted by Gasteiger charge is 2.06. The lowest BCUT2D eigenvalue weighted by Gasteiger charge is -2.15. The molecule has 0 saturated carbocycles. The molecule has 0 aliphatic carbocycles. The molecule has 31 heavy (non-hydrogen) atoms. The van der Waals surface area contributed by atoms with Crippen LogP contribution in [0.5, 0.6) is 5.75 Å². The molecular weight excluding hydrogens is 392 g/mol. The summed E-state index contributed by atoms with van der Waals surface area (Å²) in [7, 11) is 0. The number of aliphatic imine (C=N–C) groups is 1. The number of nitrogens with one attached hydrogen (secondary N) is 3. The number of benzene rings is 2. The zero-order valence-electron chi connectivity index (χ0n) is 19.0. The molecule has 7 heteroatoms. The van der Waals surface area contributed by atoms with E-state index in [9.17, 15) is 4.79 Å². The van der Waals surface area contributed by atoms with Crippen LogP contribution in [0.15, 0.2) is 47.5 Å². The summed E-state index contributed by atoms with van der Waals surface area (Å²) in [4.78, 5) is 15.9. The van der Waals surface area contributed by atoms with E-state index in [4.69, 9.17) is 9.47 Å². The van der Waals surface area contributed by atoms with Gasteiger partial charge >= 0.3 is 0 Å². The van der Waals surface area contributed by atoms with Gasteiger partial charge in [-0.2, -0.15) is 0 Å². The molecule has 0 aliphatic heterocycles. The molecule has 3 N–H and O–H groups in total. The molecule has 0 fully saturated rings. The zero-order chi connectivity index (χ0) is 22.5. The van der Waals surface area contributed by atoms with Gasteiger partial charge in [0.25, 0.3) is 0 Å². The minimum absolute atomic E-state index is 0.0898. The van der Waals surface area contributed by atoms with Crippen LogP contribution in [-0.2, 0) is 22.6 Å². The van der Waals surface area contributed by atoms with Crippen LogP contribution in [0.3, 0.4) is 0 Å². The van der Waals surface area contributed by atoms with Gasteiger partial charge in [-0.3, -0.25) is 4.79 Å². The number of carbonyl (C=O) groups excluding carboxylic acids is 1. The van der Waals surface area contributed by atoms with E-state index in [0.29, 0.717) is 38.9 Å². The average Bonchev–Trinajstić information content (AvgIpc) is 2.74. The molecule has 0 atom stereocenters. The number of nitrogens with zero attached hydrogens (tertiary/aromatic N) is 1. The number of hydrogen-bond acceptors (Lipinski definition) is 4. The number of guanidine groups is 1. The van der Waals surface area contributed by atoms with E-state index in [1.54, 1.807) is 0 Å². The fourth-order valence-electron chi connectivity index (χ4n) is 2.94. The second-order valence-electron chi connectivity index (χ2n) is 7.09. The molecule has 0 aliphatic rings. The summed E-state index contributed by atoms with van der Waals surface area (Å²) >= 11 is 0. The normalized spacial score (nSPS) is 11.2. The highest BCUT2D eigenvalue weighted by Crippen LogP contribution is 2.20. The monoisotopic (exact) mass is 426 g/mol. The summed E-state index contributed by atoms with van der Waals surface area (Å²) in [5, 5.41) is 9.44. The topological polar surface area (TPSA) is 84.0 Å². The third-order valence-corrected chi connectivity index (χ3v) is 4.37. The Labute approximate surface area is 185 Å². The van der Waals surface area contributed by atoms with E-state index >= 15 is 0 Å². The molecule has 2 rings (SSSR count). The zero-order valence-corrected chi connectivity index (χ0v) is 19.0. The number of anilines is 1. The fourth-order valence-corrected chi connectivity index (χ4v) is 2.94. The molecule has 0 heterocycles. The number of aryl methyl sites for hydroxylation is 1. The van der Waals surface area contributed by atoms with E-state index < -0.39 is 0 Å². The quantitative estimate of drug-likeness (QED) is 0.290. The first-order valence-corrected chi connectivity index (χ1v) is 10.7. The van der Waals surface area contributed by atoms with Gasteiger partial charge in [-0.25, -0.2) is 4.99 Å². The summed E-state index contributed by atoms with van der Waals surface area (Å²) in [6.07, 6.45) is 0. The molecule has 0 saturated heterocycles. The molecule has 2 aromatic carbocycles. The Bertz CT molecular complexity index is 868. The maximum Gasteiger partial charge on any atom is 0.221 e. The van der Waals surface area contributed by atoms with Crippen molar-refractivity contribution in [2.75, 3.05) is 31.7 Å². The molecule has 168 valence electrons. The van der Waals surface area contributed by atoms with Crippen molar-refractivity contribution in [2.24, 2.45) is 4.99 Å². The van der Waals surface area contributed by atoms with E-state index in [-0.39, 0.29) is 5.91 Å². The van der Waals surface area contributed by atoms with Crippen molar-refractivity contribution >= 4 is 17.6 Å². The summed E-state index contributed by atoms with van der Waals surface area (Å²) < 4.78 is 11.3. The van der Waals surface area contributed by atoms with Crippen LogP contribution >= 0.6 is 0 Å². The first-order valence-electron chi connectivity index (χ1n) is 10.7. The molecule has 0 aromatic heterocycles. The van der Waals surface area contributed by atoms with Crippen molar-refractivity contribution in [3.63, 3.8) is 0 Å². The van der Waals surface area contributed by atoms with Crippen molar-refractivity contribution < 1.29 is 14.3 Å². The predicted octanol–water partition coefficient (Wildman–Crippen LogP) is 3.62. The van der Waals surface area contributed by atoms with Crippen LogP contribution in [0.2, 0.25) is 0 Å². The predicted molar refractivity (Wildman–Crippen MR) is 126 cm³/mol. The average molecular weight is 427 g/mol. The molecule has 0 radical (unpaired) electrons. The van der Waals surface area contributed by atoms with Gasteiger partial charge in [0.2, 0.25) is 5.91 Å². The van der Waals surface area contributed by atoms with Crippen LogP contribution < -0.4 is 20.7 Å².